The van der Waals surface area contributed by atoms with Crippen LogP contribution < -0.4 is 5.73 Å². The summed E-state index contributed by atoms with van der Waals surface area (Å²) in [6, 6.07) is 8.67. The second-order valence-electron chi connectivity index (χ2n) is 3.44. The summed E-state index contributed by atoms with van der Waals surface area (Å²) in [5.74, 6) is 0.172. The third-order valence-corrected chi connectivity index (χ3v) is 2.27. The Kier molecular flexibility index (Phi) is 3.09. The summed E-state index contributed by atoms with van der Waals surface area (Å²) in [4.78, 5) is 11.6. The summed E-state index contributed by atoms with van der Waals surface area (Å²) in [5, 5.41) is 4.07. The molecular weight excluding hydrogens is 218 g/mol. The average molecular weight is 231 g/mol. The van der Waals surface area contributed by atoms with Gasteiger partial charge in [-0.1, -0.05) is 6.07 Å². The highest BCUT2D eigenvalue weighted by atomic mass is 16.5. The molecule has 1 heterocycles. The van der Waals surface area contributed by atoms with Crippen molar-refractivity contribution < 1.29 is 9.53 Å². The minimum atomic E-state index is -0.347. The van der Waals surface area contributed by atoms with Gasteiger partial charge in [-0.05, 0) is 25.1 Å². The summed E-state index contributed by atoms with van der Waals surface area (Å²) in [7, 11) is 0. The number of rotatable bonds is 3. The first-order valence-electron chi connectivity index (χ1n) is 5.29. The molecule has 0 aliphatic heterocycles. The number of carbonyl (C=O) groups is 1. The van der Waals surface area contributed by atoms with E-state index in [1.807, 2.05) is 6.07 Å². The van der Waals surface area contributed by atoms with Crippen LogP contribution in [0.25, 0.3) is 5.69 Å². The maximum Gasteiger partial charge on any atom is 0.338 e. The number of nitrogens with two attached hydrogens (primary N) is 1. The molecule has 0 aliphatic rings. The van der Waals surface area contributed by atoms with Gasteiger partial charge in [-0.25, -0.2) is 9.48 Å². The molecule has 0 radical (unpaired) electrons. The maximum atomic E-state index is 11.6. The maximum absolute atomic E-state index is 11.6. The van der Waals surface area contributed by atoms with Gasteiger partial charge in [-0.3, -0.25) is 0 Å². The number of nitrogens with zero attached hydrogens (tertiary/aromatic N) is 2. The number of ether oxygens (including phenoxy) is 1. The molecule has 0 fully saturated rings. The summed E-state index contributed by atoms with van der Waals surface area (Å²) >= 11 is 0. The standard InChI is InChI=1S/C12H13N3O2/c1-2-17-12(16)9-4-3-5-10(8-9)15-11(13)6-7-14-15/h3-8H,2,13H2,1H3. The van der Waals surface area contributed by atoms with E-state index >= 15 is 0 Å². The van der Waals surface area contributed by atoms with Crippen LogP contribution in [0.2, 0.25) is 0 Å². The highest BCUT2D eigenvalue weighted by Gasteiger charge is 2.08. The van der Waals surface area contributed by atoms with Crippen LogP contribution in [0.4, 0.5) is 5.82 Å². The minimum absolute atomic E-state index is 0.347. The van der Waals surface area contributed by atoms with Gasteiger partial charge in [0.2, 0.25) is 0 Å². The molecule has 0 amide bonds. The van der Waals surface area contributed by atoms with Gasteiger partial charge in [-0.2, -0.15) is 5.10 Å². The van der Waals surface area contributed by atoms with Gasteiger partial charge < -0.3 is 10.5 Å². The molecular formula is C12H13N3O2. The first kappa shape index (κ1) is 11.2. The van der Waals surface area contributed by atoms with E-state index in [9.17, 15) is 4.79 Å². The van der Waals surface area contributed by atoms with Gasteiger partial charge in [0.1, 0.15) is 5.82 Å². The van der Waals surface area contributed by atoms with Crippen molar-refractivity contribution in [2.45, 2.75) is 6.92 Å². The van der Waals surface area contributed by atoms with Crippen LogP contribution in [-0.2, 0) is 4.74 Å². The molecule has 17 heavy (non-hydrogen) atoms. The Morgan fingerprint density at radius 3 is 2.94 bits per heavy atom. The van der Waals surface area contributed by atoms with Gasteiger partial charge in [0.15, 0.2) is 0 Å². The fraction of sp³-hybridized carbons (Fsp3) is 0.167. The molecule has 0 spiro atoms. The van der Waals surface area contributed by atoms with Crippen LogP contribution >= 0.6 is 0 Å². The Balaban J connectivity index is 2.35. The SMILES string of the molecule is CCOC(=O)c1cccc(-n2nccc2N)c1. The Morgan fingerprint density at radius 2 is 2.29 bits per heavy atom. The minimum Gasteiger partial charge on any atom is -0.462 e. The van der Waals surface area contributed by atoms with E-state index in [0.717, 1.165) is 5.69 Å². The second kappa shape index (κ2) is 4.69. The molecule has 88 valence electrons. The van der Waals surface area contributed by atoms with E-state index < -0.39 is 0 Å². The molecule has 1 aromatic heterocycles. The molecule has 0 aliphatic carbocycles. The Bertz CT molecular complexity index is 534. The van der Waals surface area contributed by atoms with Crippen LogP contribution in [0.15, 0.2) is 36.5 Å². The summed E-state index contributed by atoms with van der Waals surface area (Å²) in [5.41, 5.74) is 6.96. The fourth-order valence-electron chi connectivity index (χ4n) is 1.51. The number of esters is 1. The summed E-state index contributed by atoms with van der Waals surface area (Å²) in [6.45, 7) is 2.13. The van der Waals surface area contributed by atoms with Gasteiger partial charge in [0, 0.05) is 6.07 Å². The highest BCUT2D eigenvalue weighted by Crippen LogP contribution is 2.14. The van der Waals surface area contributed by atoms with Crippen LogP contribution in [0.1, 0.15) is 17.3 Å². The molecule has 0 unspecified atom stereocenters. The van der Waals surface area contributed by atoms with Crippen LogP contribution in [0.3, 0.4) is 0 Å². The van der Waals surface area contributed by atoms with Crippen LogP contribution in [-0.4, -0.2) is 22.4 Å². The Morgan fingerprint density at radius 1 is 1.47 bits per heavy atom. The predicted molar refractivity (Wildman–Crippen MR) is 63.9 cm³/mol. The zero-order chi connectivity index (χ0) is 12.3. The van der Waals surface area contributed by atoms with Crippen molar-refractivity contribution in [2.75, 3.05) is 12.3 Å². The van der Waals surface area contributed by atoms with Gasteiger partial charge in [-0.15, -0.1) is 0 Å². The summed E-state index contributed by atoms with van der Waals surface area (Å²) < 4.78 is 6.49. The fourth-order valence-corrected chi connectivity index (χ4v) is 1.51. The number of carbonyl (C=O) groups excluding carboxylic acids is 1. The molecule has 0 saturated heterocycles. The normalized spacial score (nSPS) is 10.2. The van der Waals surface area contributed by atoms with Crippen molar-refractivity contribution in [2.24, 2.45) is 0 Å². The molecule has 1 aromatic carbocycles. The van der Waals surface area contributed by atoms with E-state index in [0.29, 0.717) is 18.0 Å². The largest absolute Gasteiger partial charge is 0.462 e. The highest BCUT2D eigenvalue weighted by molar-refractivity contribution is 5.90. The lowest BCUT2D eigenvalue weighted by atomic mass is 10.2. The van der Waals surface area contributed by atoms with Crippen molar-refractivity contribution in [1.82, 2.24) is 9.78 Å². The molecule has 0 bridgehead atoms. The lowest BCUT2D eigenvalue weighted by Crippen LogP contribution is -2.07. The third-order valence-electron chi connectivity index (χ3n) is 2.27. The van der Waals surface area contributed by atoms with E-state index in [4.69, 9.17) is 10.5 Å². The van der Waals surface area contributed by atoms with Gasteiger partial charge in [0.05, 0.1) is 24.1 Å². The first-order chi connectivity index (χ1) is 8.22. The van der Waals surface area contributed by atoms with E-state index in [2.05, 4.69) is 5.10 Å². The number of anilines is 1. The van der Waals surface area contributed by atoms with E-state index in [1.165, 1.54) is 0 Å². The van der Waals surface area contributed by atoms with Crippen LogP contribution in [0.5, 0.6) is 0 Å². The topological polar surface area (TPSA) is 70.1 Å². The van der Waals surface area contributed by atoms with Gasteiger partial charge >= 0.3 is 5.97 Å². The van der Waals surface area contributed by atoms with Crippen LogP contribution in [0, 0.1) is 0 Å². The lowest BCUT2D eigenvalue weighted by Gasteiger charge is -2.06. The van der Waals surface area contributed by atoms with Crippen molar-refractivity contribution in [3.05, 3.63) is 42.1 Å². The second-order valence-corrected chi connectivity index (χ2v) is 3.44. The average Bonchev–Trinajstić information content (AvgIpc) is 2.76. The molecule has 0 saturated carbocycles. The van der Waals surface area contributed by atoms with E-state index in [-0.39, 0.29) is 5.97 Å². The van der Waals surface area contributed by atoms with Crippen molar-refractivity contribution >= 4 is 11.8 Å². The first-order valence-corrected chi connectivity index (χ1v) is 5.29. The Hall–Kier alpha value is -2.30. The molecule has 2 N–H and O–H groups in total. The molecule has 5 heteroatoms. The number of aromatic nitrogens is 2. The lowest BCUT2D eigenvalue weighted by molar-refractivity contribution is 0.0526. The molecule has 5 nitrogen and oxygen atoms in total. The quantitative estimate of drug-likeness (QED) is 0.815. The zero-order valence-electron chi connectivity index (χ0n) is 9.46. The summed E-state index contributed by atoms with van der Waals surface area (Å²) in [6.07, 6.45) is 1.60. The van der Waals surface area contributed by atoms with Crippen molar-refractivity contribution in [3.63, 3.8) is 0 Å². The van der Waals surface area contributed by atoms with Crippen molar-refractivity contribution in [1.29, 1.82) is 0 Å². The number of nitrogen functional groups attached to an aromatic ring is 1. The third kappa shape index (κ3) is 2.28. The number of hydrogen-bond donors (Lipinski definition) is 1. The zero-order valence-corrected chi connectivity index (χ0v) is 9.46. The molecule has 2 aromatic rings. The number of hydrogen-bond acceptors (Lipinski definition) is 4. The number of benzene rings is 1. The predicted octanol–water partition coefficient (Wildman–Crippen LogP) is 1.63. The monoisotopic (exact) mass is 231 g/mol. The van der Waals surface area contributed by atoms with Gasteiger partial charge in [0.25, 0.3) is 0 Å². The Labute approximate surface area is 98.8 Å². The smallest absolute Gasteiger partial charge is 0.338 e. The molecule has 0 atom stereocenters. The van der Waals surface area contributed by atoms with E-state index in [1.54, 1.807) is 42.1 Å². The van der Waals surface area contributed by atoms with Crippen molar-refractivity contribution in [3.8, 4) is 5.69 Å². The molecule has 2 rings (SSSR count).